The van der Waals surface area contributed by atoms with Crippen molar-refractivity contribution >= 4 is 78.9 Å². The smallest absolute Gasteiger partial charge is 0.259 e. The number of halogens is 4. The second kappa shape index (κ2) is 4.89. The summed E-state index contributed by atoms with van der Waals surface area (Å²) in [7, 11) is 0. The molecule has 0 aliphatic rings. The van der Waals surface area contributed by atoms with Gasteiger partial charge in [-0.1, -0.05) is 0 Å². The van der Waals surface area contributed by atoms with Crippen molar-refractivity contribution in [2.45, 2.75) is 0 Å². The maximum absolute atomic E-state index is 10.4. The van der Waals surface area contributed by atoms with E-state index in [4.69, 9.17) is 23.2 Å². The molecular formula is C4Cl2I2O2. The van der Waals surface area contributed by atoms with Gasteiger partial charge in [-0.25, -0.2) is 0 Å². The van der Waals surface area contributed by atoms with Crippen LogP contribution in [0.5, 0.6) is 0 Å². The normalized spacial score (nSPS) is 12.4. The third kappa shape index (κ3) is 3.49. The van der Waals surface area contributed by atoms with Gasteiger partial charge >= 0.3 is 0 Å². The summed E-state index contributed by atoms with van der Waals surface area (Å²) in [5.41, 5.74) is 0. The molecule has 2 nitrogen and oxygen atoms in total. The molecule has 0 spiro atoms. The highest BCUT2D eigenvalue weighted by atomic mass is 127. The number of allylic oxidation sites excluding steroid dienone is 2. The van der Waals surface area contributed by atoms with Gasteiger partial charge in [0.05, 0.1) is 7.16 Å². The van der Waals surface area contributed by atoms with Crippen molar-refractivity contribution in [3.05, 3.63) is 7.16 Å². The molecule has 0 heterocycles. The largest absolute Gasteiger partial charge is 0.275 e. The van der Waals surface area contributed by atoms with Crippen LogP contribution in [0.2, 0.25) is 0 Å². The lowest BCUT2D eigenvalue weighted by Crippen LogP contribution is -1.92. The summed E-state index contributed by atoms with van der Waals surface area (Å²) in [5.74, 6) is 0. The van der Waals surface area contributed by atoms with Crippen molar-refractivity contribution in [2.24, 2.45) is 0 Å². The van der Waals surface area contributed by atoms with Crippen molar-refractivity contribution in [3.8, 4) is 0 Å². The third-order valence-electron chi connectivity index (χ3n) is 0.538. The molecule has 0 radical (unpaired) electrons. The van der Waals surface area contributed by atoms with E-state index < -0.39 is 10.5 Å². The molecule has 0 N–H and O–H groups in total. The maximum atomic E-state index is 10.4. The molecule has 0 atom stereocenters. The van der Waals surface area contributed by atoms with Crippen molar-refractivity contribution in [2.75, 3.05) is 0 Å². The van der Waals surface area contributed by atoms with Crippen molar-refractivity contribution < 1.29 is 9.59 Å². The van der Waals surface area contributed by atoms with E-state index in [1.165, 1.54) is 0 Å². The average Bonchev–Trinajstić information content (AvgIpc) is 1.84. The van der Waals surface area contributed by atoms with Gasteiger partial charge in [-0.15, -0.1) is 0 Å². The molecule has 0 rings (SSSR count). The second-order valence-corrected chi connectivity index (χ2v) is 4.02. The SMILES string of the molecule is O=C(Cl)/C(I)=C(\I)C(=O)Cl. The lowest BCUT2D eigenvalue weighted by molar-refractivity contribution is -0.109. The Bertz CT molecular complexity index is 189. The van der Waals surface area contributed by atoms with E-state index in [0.717, 1.165) is 0 Å². The highest BCUT2D eigenvalue weighted by molar-refractivity contribution is 14.1. The molecular weight excluding hydrogens is 405 g/mol. The minimum absolute atomic E-state index is 0.153. The van der Waals surface area contributed by atoms with Crippen LogP contribution in [0.3, 0.4) is 0 Å². The third-order valence-corrected chi connectivity index (χ3v) is 4.64. The van der Waals surface area contributed by atoms with Gasteiger partial charge < -0.3 is 0 Å². The van der Waals surface area contributed by atoms with Crippen molar-refractivity contribution in [1.29, 1.82) is 0 Å². The highest BCUT2D eigenvalue weighted by Crippen LogP contribution is 2.23. The number of hydrogen-bond acceptors (Lipinski definition) is 2. The van der Waals surface area contributed by atoms with E-state index in [9.17, 15) is 9.59 Å². The van der Waals surface area contributed by atoms with Crippen molar-refractivity contribution in [1.82, 2.24) is 0 Å². The van der Waals surface area contributed by atoms with E-state index in [2.05, 4.69) is 0 Å². The Morgan fingerprint density at radius 3 is 1.20 bits per heavy atom. The minimum atomic E-state index is -0.668. The van der Waals surface area contributed by atoms with E-state index in [-0.39, 0.29) is 7.16 Å². The first-order valence-corrected chi connectivity index (χ1v) is 4.83. The molecule has 0 aliphatic carbocycles. The van der Waals surface area contributed by atoms with Gasteiger partial charge in [0.15, 0.2) is 0 Å². The molecule has 0 fully saturated rings. The molecule has 0 bridgehead atoms. The van der Waals surface area contributed by atoms with Gasteiger partial charge in [0.1, 0.15) is 0 Å². The fraction of sp³-hybridized carbons (Fsp3) is 0. The van der Waals surface area contributed by atoms with Crippen LogP contribution in [0, 0.1) is 0 Å². The Morgan fingerprint density at radius 1 is 0.900 bits per heavy atom. The van der Waals surface area contributed by atoms with Gasteiger partial charge in [0.25, 0.3) is 10.5 Å². The summed E-state index contributed by atoms with van der Waals surface area (Å²) in [6.45, 7) is 0. The molecule has 0 saturated heterocycles. The van der Waals surface area contributed by atoms with Crippen LogP contribution in [0.1, 0.15) is 0 Å². The predicted molar refractivity (Wildman–Crippen MR) is 56.8 cm³/mol. The van der Waals surface area contributed by atoms with E-state index in [0.29, 0.717) is 0 Å². The first-order chi connectivity index (χ1) is 4.46. The summed E-state index contributed by atoms with van der Waals surface area (Å²) in [4.78, 5) is 20.7. The van der Waals surface area contributed by atoms with Crippen LogP contribution in [0.25, 0.3) is 0 Å². The van der Waals surface area contributed by atoms with E-state index in [1.807, 2.05) is 0 Å². The first-order valence-electron chi connectivity index (χ1n) is 1.91. The lowest BCUT2D eigenvalue weighted by atomic mass is 10.5. The molecule has 0 saturated carbocycles. The minimum Gasteiger partial charge on any atom is -0.275 e. The zero-order valence-corrected chi connectivity index (χ0v) is 10.2. The number of carbonyl (C=O) groups is 2. The van der Waals surface area contributed by atoms with Gasteiger partial charge in [-0.05, 0) is 68.4 Å². The molecule has 0 aromatic heterocycles. The van der Waals surface area contributed by atoms with Crippen LogP contribution >= 0.6 is 68.4 Å². The molecule has 0 aliphatic heterocycles. The molecule has 0 aromatic rings. The molecule has 10 heavy (non-hydrogen) atoms. The standard InChI is InChI=1S/C4Cl2I2O2/c5-3(9)1(7)2(8)4(6)10/b2-1+. The summed E-state index contributed by atoms with van der Waals surface area (Å²) < 4.78 is 0.305. The summed E-state index contributed by atoms with van der Waals surface area (Å²) in [6, 6.07) is 0. The molecule has 6 heteroatoms. The average molecular weight is 405 g/mol. The topological polar surface area (TPSA) is 34.1 Å². The summed E-state index contributed by atoms with van der Waals surface area (Å²) in [6.07, 6.45) is 0. The Kier molecular flexibility index (Phi) is 5.44. The van der Waals surface area contributed by atoms with E-state index >= 15 is 0 Å². The van der Waals surface area contributed by atoms with Crippen LogP contribution in [-0.4, -0.2) is 10.5 Å². The summed E-state index contributed by atoms with van der Waals surface area (Å²) in [5, 5.41) is -1.34. The van der Waals surface area contributed by atoms with Crippen LogP contribution in [0.15, 0.2) is 7.16 Å². The summed E-state index contributed by atoms with van der Waals surface area (Å²) >= 11 is 13.4. The van der Waals surface area contributed by atoms with Crippen LogP contribution in [-0.2, 0) is 9.59 Å². The second-order valence-electron chi connectivity index (χ2n) is 1.18. The van der Waals surface area contributed by atoms with Crippen LogP contribution < -0.4 is 0 Å². The molecule has 0 unspecified atom stereocenters. The Hall–Kier alpha value is 1.12. The van der Waals surface area contributed by atoms with Gasteiger partial charge in [0.2, 0.25) is 0 Å². The zero-order chi connectivity index (χ0) is 8.31. The molecule has 0 aromatic carbocycles. The predicted octanol–water partition coefficient (Wildman–Crippen LogP) is 2.60. The first kappa shape index (κ1) is 11.1. The fourth-order valence-corrected chi connectivity index (χ4v) is 1.17. The fourth-order valence-electron chi connectivity index (χ4n) is 0.173. The number of hydrogen-bond donors (Lipinski definition) is 0. The Morgan fingerprint density at radius 2 is 1.10 bits per heavy atom. The van der Waals surface area contributed by atoms with Gasteiger partial charge in [-0.2, -0.15) is 0 Å². The maximum Gasteiger partial charge on any atom is 0.259 e. The number of rotatable bonds is 2. The quantitative estimate of drug-likeness (QED) is 0.403. The van der Waals surface area contributed by atoms with Crippen molar-refractivity contribution in [3.63, 3.8) is 0 Å². The number of carbonyl (C=O) groups excluding carboxylic acids is 2. The highest BCUT2D eigenvalue weighted by Gasteiger charge is 2.12. The Labute approximate surface area is 94.6 Å². The molecule has 56 valence electrons. The monoisotopic (exact) mass is 404 g/mol. The van der Waals surface area contributed by atoms with E-state index in [1.54, 1.807) is 45.2 Å². The van der Waals surface area contributed by atoms with Crippen LogP contribution in [0.4, 0.5) is 0 Å². The van der Waals surface area contributed by atoms with Gasteiger partial charge in [-0.3, -0.25) is 9.59 Å². The lowest BCUT2D eigenvalue weighted by Gasteiger charge is -1.91. The zero-order valence-electron chi connectivity index (χ0n) is 4.33. The Balaban J connectivity index is 4.67. The van der Waals surface area contributed by atoms with Gasteiger partial charge in [0, 0.05) is 0 Å². The molecule has 0 amide bonds.